The van der Waals surface area contributed by atoms with Crippen molar-refractivity contribution in [1.29, 1.82) is 0 Å². The zero-order chi connectivity index (χ0) is 20.5. The predicted molar refractivity (Wildman–Crippen MR) is 101 cm³/mol. The fourth-order valence-corrected chi connectivity index (χ4v) is 7.76. The third-order valence-corrected chi connectivity index (χ3v) is 8.97. The molecule has 0 aromatic heterocycles. The highest BCUT2D eigenvalue weighted by atomic mass is 16.5. The van der Waals surface area contributed by atoms with E-state index in [1.165, 1.54) is 7.11 Å². The molecular formula is C22H32O6. The first-order chi connectivity index (χ1) is 13.1. The van der Waals surface area contributed by atoms with Gasteiger partial charge in [0.2, 0.25) is 0 Å². The maximum atomic E-state index is 12.7. The van der Waals surface area contributed by atoms with Gasteiger partial charge in [-0.1, -0.05) is 13.8 Å². The van der Waals surface area contributed by atoms with Crippen LogP contribution < -0.4 is 0 Å². The molecule has 8 unspecified atom stereocenters. The smallest absolute Gasteiger partial charge is 0.190 e. The Hall–Kier alpha value is -1.08. The van der Waals surface area contributed by atoms with Crippen molar-refractivity contribution < 1.29 is 29.6 Å². The lowest BCUT2D eigenvalue weighted by Gasteiger charge is -2.61. The monoisotopic (exact) mass is 392 g/mol. The predicted octanol–water partition coefficient (Wildman–Crippen LogP) is 1.41. The number of rotatable bonds is 3. The summed E-state index contributed by atoms with van der Waals surface area (Å²) in [6.07, 6.45) is 3.54. The fourth-order valence-electron chi connectivity index (χ4n) is 7.76. The molecule has 0 aromatic rings. The van der Waals surface area contributed by atoms with E-state index in [-0.39, 0.29) is 29.3 Å². The molecule has 0 amide bonds. The van der Waals surface area contributed by atoms with Crippen LogP contribution in [0.3, 0.4) is 0 Å². The summed E-state index contributed by atoms with van der Waals surface area (Å²) in [6.45, 7) is 3.51. The van der Waals surface area contributed by atoms with Crippen LogP contribution in [0.1, 0.15) is 52.4 Å². The van der Waals surface area contributed by atoms with E-state index in [2.05, 4.69) is 6.92 Å². The van der Waals surface area contributed by atoms with Gasteiger partial charge in [0, 0.05) is 18.9 Å². The Kier molecular flexibility index (Phi) is 4.66. The third-order valence-electron chi connectivity index (χ3n) is 8.97. The minimum atomic E-state index is -1.09. The first kappa shape index (κ1) is 20.2. The summed E-state index contributed by atoms with van der Waals surface area (Å²) in [6, 6.07) is 0. The van der Waals surface area contributed by atoms with Gasteiger partial charge in [-0.3, -0.25) is 9.59 Å². The number of aliphatic hydroxyl groups is 3. The minimum absolute atomic E-state index is 0.0441. The second-order valence-electron chi connectivity index (χ2n) is 9.87. The van der Waals surface area contributed by atoms with Crippen molar-refractivity contribution in [3.8, 4) is 0 Å². The van der Waals surface area contributed by atoms with Crippen LogP contribution in [-0.4, -0.2) is 58.4 Å². The zero-order valence-electron chi connectivity index (χ0n) is 17.0. The number of aliphatic hydroxyl groups excluding tert-OH is 3. The van der Waals surface area contributed by atoms with Gasteiger partial charge < -0.3 is 20.1 Å². The number of fused-ring (bicyclic) bond motifs is 5. The minimum Gasteiger partial charge on any atom is -0.393 e. The van der Waals surface area contributed by atoms with Crippen LogP contribution in [0.5, 0.6) is 0 Å². The lowest BCUT2D eigenvalue weighted by molar-refractivity contribution is -0.193. The average molecular weight is 392 g/mol. The molecule has 6 heteroatoms. The molecule has 8 atom stereocenters. The first-order valence-corrected chi connectivity index (χ1v) is 10.4. The molecular weight excluding hydrogens is 360 g/mol. The summed E-state index contributed by atoms with van der Waals surface area (Å²) >= 11 is 0. The summed E-state index contributed by atoms with van der Waals surface area (Å²) in [5, 5.41) is 31.8. The molecule has 0 saturated heterocycles. The SMILES string of the molecule is COC1(C(=O)CO)CCC2C3CC(O)C4=CC(=O)CCC4(C)C3C(O)CC21C. The standard InChI is InChI=1S/C22H32O6/c1-20-6-4-12(24)8-15(20)16(25)9-13-14-5-7-22(28-3,18(27)11-23)21(14,2)10-17(26)19(13)20/h8,13-14,16-17,19,23,25-26H,4-7,9-11H2,1-3H3. The van der Waals surface area contributed by atoms with Crippen LogP contribution >= 0.6 is 0 Å². The van der Waals surface area contributed by atoms with Crippen molar-refractivity contribution in [3.05, 3.63) is 11.6 Å². The van der Waals surface area contributed by atoms with Crippen molar-refractivity contribution in [2.75, 3.05) is 13.7 Å². The van der Waals surface area contributed by atoms with E-state index < -0.39 is 35.2 Å². The number of Topliss-reactive ketones (excluding diaryl/α,β-unsaturated/α-hetero) is 1. The van der Waals surface area contributed by atoms with Crippen LogP contribution in [-0.2, 0) is 14.3 Å². The zero-order valence-corrected chi connectivity index (χ0v) is 17.0. The summed E-state index contributed by atoms with van der Waals surface area (Å²) in [5.41, 5.74) is -1.32. The molecule has 4 rings (SSSR count). The van der Waals surface area contributed by atoms with Crippen LogP contribution in [0, 0.1) is 28.6 Å². The highest BCUT2D eigenvalue weighted by molar-refractivity contribution is 5.92. The Labute approximate surface area is 166 Å². The molecule has 4 aliphatic carbocycles. The number of carbonyl (C=O) groups excluding carboxylic acids is 2. The number of hydrogen-bond donors (Lipinski definition) is 3. The van der Waals surface area contributed by atoms with Crippen LogP contribution in [0.2, 0.25) is 0 Å². The lowest BCUT2D eigenvalue weighted by Crippen LogP contribution is -2.63. The maximum Gasteiger partial charge on any atom is 0.190 e. The lowest BCUT2D eigenvalue weighted by atomic mass is 9.45. The van der Waals surface area contributed by atoms with Gasteiger partial charge in [0.15, 0.2) is 11.6 Å². The van der Waals surface area contributed by atoms with Gasteiger partial charge in [0.05, 0.1) is 12.2 Å². The summed E-state index contributed by atoms with van der Waals surface area (Å²) < 4.78 is 5.79. The van der Waals surface area contributed by atoms with Crippen molar-refractivity contribution in [2.24, 2.45) is 28.6 Å². The first-order valence-electron chi connectivity index (χ1n) is 10.4. The highest BCUT2D eigenvalue weighted by Gasteiger charge is 2.69. The van der Waals surface area contributed by atoms with Gasteiger partial charge in [-0.15, -0.1) is 0 Å². The molecule has 0 bridgehead atoms. The molecule has 0 radical (unpaired) electrons. The number of ketones is 2. The van der Waals surface area contributed by atoms with Gasteiger partial charge in [0.25, 0.3) is 0 Å². The Morgan fingerprint density at radius 2 is 2.00 bits per heavy atom. The Morgan fingerprint density at radius 3 is 2.64 bits per heavy atom. The number of methoxy groups -OCH3 is 1. The molecule has 0 heterocycles. The summed E-state index contributed by atoms with van der Waals surface area (Å²) in [5.74, 6) is -0.167. The van der Waals surface area contributed by atoms with Crippen molar-refractivity contribution in [2.45, 2.75) is 70.2 Å². The van der Waals surface area contributed by atoms with Gasteiger partial charge in [-0.2, -0.15) is 0 Å². The third kappa shape index (κ3) is 2.35. The van der Waals surface area contributed by atoms with E-state index >= 15 is 0 Å². The van der Waals surface area contributed by atoms with E-state index in [9.17, 15) is 24.9 Å². The number of carbonyl (C=O) groups is 2. The fraction of sp³-hybridized carbons (Fsp3) is 0.818. The number of hydrogen-bond acceptors (Lipinski definition) is 6. The average Bonchev–Trinajstić information content (AvgIpc) is 2.95. The quantitative estimate of drug-likeness (QED) is 0.671. The molecule has 0 aliphatic heterocycles. The van der Waals surface area contributed by atoms with E-state index in [0.29, 0.717) is 32.1 Å². The van der Waals surface area contributed by atoms with Crippen molar-refractivity contribution in [1.82, 2.24) is 0 Å². The summed E-state index contributed by atoms with van der Waals surface area (Å²) in [4.78, 5) is 24.7. The highest BCUT2D eigenvalue weighted by Crippen LogP contribution is 2.68. The molecule has 3 saturated carbocycles. The number of ether oxygens (including phenoxy) is 1. The van der Waals surface area contributed by atoms with Crippen LogP contribution in [0.4, 0.5) is 0 Å². The van der Waals surface area contributed by atoms with E-state index in [1.807, 2.05) is 6.92 Å². The molecule has 4 aliphatic rings. The van der Waals surface area contributed by atoms with E-state index in [4.69, 9.17) is 4.74 Å². The molecule has 3 fully saturated rings. The van der Waals surface area contributed by atoms with Gasteiger partial charge >= 0.3 is 0 Å². The largest absolute Gasteiger partial charge is 0.393 e. The van der Waals surface area contributed by atoms with Gasteiger partial charge in [-0.25, -0.2) is 0 Å². The van der Waals surface area contributed by atoms with Crippen LogP contribution in [0.15, 0.2) is 11.6 Å². The maximum absolute atomic E-state index is 12.7. The van der Waals surface area contributed by atoms with Gasteiger partial charge in [-0.05, 0) is 66.9 Å². The summed E-state index contributed by atoms with van der Waals surface area (Å²) in [7, 11) is 1.52. The molecule has 3 N–H and O–H groups in total. The molecule has 0 spiro atoms. The normalized spacial score (nSPS) is 50.4. The molecule has 0 aromatic carbocycles. The molecule has 28 heavy (non-hydrogen) atoms. The van der Waals surface area contributed by atoms with Crippen molar-refractivity contribution in [3.63, 3.8) is 0 Å². The second kappa shape index (κ2) is 6.46. The Morgan fingerprint density at radius 1 is 1.29 bits per heavy atom. The van der Waals surface area contributed by atoms with Crippen molar-refractivity contribution >= 4 is 11.6 Å². The Balaban J connectivity index is 1.78. The van der Waals surface area contributed by atoms with E-state index in [0.717, 1.165) is 12.0 Å². The second-order valence-corrected chi connectivity index (χ2v) is 9.87. The van der Waals surface area contributed by atoms with E-state index in [1.54, 1.807) is 6.08 Å². The molecule has 6 nitrogen and oxygen atoms in total. The van der Waals surface area contributed by atoms with Gasteiger partial charge in [0.1, 0.15) is 12.2 Å². The van der Waals surface area contributed by atoms with Crippen LogP contribution in [0.25, 0.3) is 0 Å². The Bertz CT molecular complexity index is 731. The topological polar surface area (TPSA) is 104 Å². The molecule has 156 valence electrons.